The van der Waals surface area contributed by atoms with E-state index in [4.69, 9.17) is 5.73 Å². The van der Waals surface area contributed by atoms with E-state index < -0.39 is 0 Å². The molecular formula is C11H21N3OS. The van der Waals surface area contributed by atoms with Crippen LogP contribution in [0.2, 0.25) is 0 Å². The van der Waals surface area contributed by atoms with Gasteiger partial charge in [0.1, 0.15) is 0 Å². The van der Waals surface area contributed by atoms with Crippen molar-refractivity contribution < 1.29 is 4.79 Å². The third-order valence-electron chi connectivity index (χ3n) is 2.45. The molecule has 1 heterocycles. The minimum absolute atomic E-state index is 0.222. The molecule has 2 unspecified atom stereocenters. The molecule has 0 spiro atoms. The van der Waals surface area contributed by atoms with E-state index in [1.807, 2.05) is 0 Å². The second-order valence-corrected chi connectivity index (χ2v) is 5.75. The lowest BCUT2D eigenvalue weighted by Crippen LogP contribution is -2.38. The maximum atomic E-state index is 10.5. The summed E-state index contributed by atoms with van der Waals surface area (Å²) in [4.78, 5) is 15.0. The Hall–Kier alpha value is -0.710. The van der Waals surface area contributed by atoms with Crippen LogP contribution in [0.5, 0.6) is 0 Å². The zero-order chi connectivity index (χ0) is 12.0. The fourth-order valence-corrected chi connectivity index (χ4v) is 2.92. The van der Waals surface area contributed by atoms with Crippen LogP contribution < -0.4 is 11.1 Å². The van der Waals surface area contributed by atoms with E-state index in [1.54, 1.807) is 11.8 Å². The predicted octanol–water partition coefficient (Wildman–Crippen LogP) is 1.50. The van der Waals surface area contributed by atoms with Gasteiger partial charge in [0, 0.05) is 24.3 Å². The van der Waals surface area contributed by atoms with Crippen LogP contribution in [0.1, 0.15) is 39.5 Å². The van der Waals surface area contributed by atoms with E-state index in [-0.39, 0.29) is 5.91 Å². The monoisotopic (exact) mass is 243 g/mol. The molecule has 0 aromatic rings. The van der Waals surface area contributed by atoms with E-state index in [0.29, 0.717) is 17.7 Å². The maximum absolute atomic E-state index is 10.5. The number of amidine groups is 1. The van der Waals surface area contributed by atoms with Crippen molar-refractivity contribution in [2.24, 2.45) is 10.7 Å². The molecule has 2 atom stereocenters. The van der Waals surface area contributed by atoms with Crippen molar-refractivity contribution in [3.05, 3.63) is 0 Å². The second-order valence-electron chi connectivity index (χ2n) is 4.32. The van der Waals surface area contributed by atoms with Crippen molar-refractivity contribution in [3.63, 3.8) is 0 Å². The van der Waals surface area contributed by atoms with Crippen molar-refractivity contribution in [1.82, 2.24) is 5.32 Å². The number of unbranched alkanes of at least 4 members (excludes halogenated alkanes) is 1. The number of hydrogen-bond acceptors (Lipinski definition) is 3. The fourth-order valence-electron chi connectivity index (χ4n) is 1.71. The Morgan fingerprint density at radius 3 is 2.94 bits per heavy atom. The Labute approximate surface area is 101 Å². The van der Waals surface area contributed by atoms with Crippen molar-refractivity contribution in [1.29, 1.82) is 0 Å². The number of nitrogens with two attached hydrogens (primary N) is 1. The third kappa shape index (κ3) is 5.39. The van der Waals surface area contributed by atoms with Gasteiger partial charge in [-0.3, -0.25) is 9.79 Å². The molecule has 1 rings (SSSR count). The van der Waals surface area contributed by atoms with Gasteiger partial charge in [0.15, 0.2) is 5.17 Å². The summed E-state index contributed by atoms with van der Waals surface area (Å²) in [5.74, 6) is -0.222. The Morgan fingerprint density at radius 1 is 1.56 bits per heavy atom. The zero-order valence-corrected chi connectivity index (χ0v) is 10.8. The largest absolute Gasteiger partial charge is 0.370 e. The van der Waals surface area contributed by atoms with E-state index in [2.05, 4.69) is 24.2 Å². The topological polar surface area (TPSA) is 67.5 Å². The zero-order valence-electron chi connectivity index (χ0n) is 10.0. The van der Waals surface area contributed by atoms with Gasteiger partial charge in [-0.25, -0.2) is 0 Å². The van der Waals surface area contributed by atoms with Crippen molar-refractivity contribution >= 4 is 22.8 Å². The Morgan fingerprint density at radius 2 is 2.31 bits per heavy atom. The van der Waals surface area contributed by atoms with Crippen LogP contribution in [0.4, 0.5) is 0 Å². The van der Waals surface area contributed by atoms with E-state index in [1.165, 1.54) is 6.42 Å². The molecule has 0 radical (unpaired) electrons. The number of thioether (sulfide) groups is 1. The molecule has 4 nitrogen and oxygen atoms in total. The molecular weight excluding hydrogens is 222 g/mol. The number of aliphatic imine (C=N–C) groups is 1. The summed E-state index contributed by atoms with van der Waals surface area (Å²) >= 11 is 1.80. The minimum Gasteiger partial charge on any atom is -0.370 e. The minimum atomic E-state index is -0.222. The molecule has 92 valence electrons. The van der Waals surface area contributed by atoms with Crippen molar-refractivity contribution in [2.75, 3.05) is 6.54 Å². The SMILES string of the molecule is CC1CC(C)SC(=NCCCCC(N)=O)N1. The van der Waals surface area contributed by atoms with Crippen LogP contribution in [0, 0.1) is 0 Å². The first-order chi connectivity index (χ1) is 7.58. The Kier molecular flexibility index (Phi) is 5.66. The number of carbonyl (C=O) groups excluding carboxylic acids is 1. The molecule has 3 N–H and O–H groups in total. The Bertz CT molecular complexity index is 256. The highest BCUT2D eigenvalue weighted by Gasteiger charge is 2.19. The first-order valence-electron chi connectivity index (χ1n) is 5.84. The quantitative estimate of drug-likeness (QED) is 0.719. The first kappa shape index (κ1) is 13.4. The molecule has 1 fully saturated rings. The standard InChI is InChI=1S/C11H21N3OS/c1-8-7-9(2)16-11(14-8)13-6-4-3-5-10(12)15/h8-9H,3-7H2,1-2H3,(H2,12,15)(H,13,14). The predicted molar refractivity (Wildman–Crippen MR) is 69.6 cm³/mol. The lowest BCUT2D eigenvalue weighted by Gasteiger charge is -2.26. The van der Waals surface area contributed by atoms with Gasteiger partial charge in [-0.2, -0.15) is 0 Å². The van der Waals surface area contributed by atoms with E-state index in [0.717, 1.165) is 24.6 Å². The highest BCUT2D eigenvalue weighted by Crippen LogP contribution is 2.22. The molecule has 0 bridgehead atoms. The van der Waals surface area contributed by atoms with Crippen LogP contribution in [0.15, 0.2) is 4.99 Å². The van der Waals surface area contributed by atoms with Crippen LogP contribution in [-0.2, 0) is 4.79 Å². The fraction of sp³-hybridized carbons (Fsp3) is 0.818. The molecule has 1 aliphatic heterocycles. The second kappa shape index (κ2) is 6.78. The Balaban J connectivity index is 2.20. The average Bonchev–Trinajstić information content (AvgIpc) is 2.15. The molecule has 1 aliphatic rings. The van der Waals surface area contributed by atoms with Crippen molar-refractivity contribution in [2.45, 2.75) is 50.8 Å². The lowest BCUT2D eigenvalue weighted by atomic mass is 10.2. The molecule has 0 aromatic heterocycles. The normalized spacial score (nSPS) is 27.8. The van der Waals surface area contributed by atoms with Gasteiger partial charge in [-0.05, 0) is 26.2 Å². The number of nitrogens with zero attached hydrogens (tertiary/aromatic N) is 1. The van der Waals surface area contributed by atoms with Crippen LogP contribution in [-0.4, -0.2) is 28.9 Å². The average molecular weight is 243 g/mol. The number of nitrogens with one attached hydrogen (secondary N) is 1. The van der Waals surface area contributed by atoms with Gasteiger partial charge in [0.25, 0.3) is 0 Å². The third-order valence-corrected chi connectivity index (χ3v) is 3.52. The van der Waals surface area contributed by atoms with E-state index >= 15 is 0 Å². The van der Waals surface area contributed by atoms with E-state index in [9.17, 15) is 4.79 Å². The van der Waals surface area contributed by atoms with Crippen molar-refractivity contribution in [3.8, 4) is 0 Å². The summed E-state index contributed by atoms with van der Waals surface area (Å²) < 4.78 is 0. The number of hydrogen-bond donors (Lipinski definition) is 2. The highest BCUT2D eigenvalue weighted by atomic mass is 32.2. The van der Waals surface area contributed by atoms with Gasteiger partial charge in [-0.1, -0.05) is 18.7 Å². The number of amides is 1. The molecule has 16 heavy (non-hydrogen) atoms. The molecule has 1 saturated heterocycles. The summed E-state index contributed by atoms with van der Waals surface area (Å²) in [5, 5.41) is 5.05. The summed E-state index contributed by atoms with van der Waals surface area (Å²) in [7, 11) is 0. The van der Waals surface area contributed by atoms with Gasteiger partial charge in [-0.15, -0.1) is 0 Å². The summed E-state index contributed by atoms with van der Waals surface area (Å²) in [6, 6.07) is 0.514. The molecule has 0 saturated carbocycles. The highest BCUT2D eigenvalue weighted by molar-refractivity contribution is 8.14. The number of primary amides is 1. The number of rotatable bonds is 5. The summed E-state index contributed by atoms with van der Waals surface area (Å²) in [6.45, 7) is 5.19. The van der Waals surface area contributed by atoms with Gasteiger partial charge in [0.2, 0.25) is 5.91 Å². The van der Waals surface area contributed by atoms with Gasteiger partial charge in [0.05, 0.1) is 0 Å². The smallest absolute Gasteiger partial charge is 0.217 e. The molecule has 1 amide bonds. The number of carbonyl (C=O) groups is 1. The van der Waals surface area contributed by atoms with Gasteiger partial charge >= 0.3 is 0 Å². The lowest BCUT2D eigenvalue weighted by molar-refractivity contribution is -0.118. The molecule has 5 heteroatoms. The molecule has 0 aliphatic carbocycles. The van der Waals surface area contributed by atoms with Gasteiger partial charge < -0.3 is 11.1 Å². The maximum Gasteiger partial charge on any atom is 0.217 e. The first-order valence-corrected chi connectivity index (χ1v) is 6.72. The van der Waals surface area contributed by atoms with Crippen LogP contribution in [0.25, 0.3) is 0 Å². The summed E-state index contributed by atoms with van der Waals surface area (Å²) in [5.41, 5.74) is 5.06. The van der Waals surface area contributed by atoms with Crippen LogP contribution in [0.3, 0.4) is 0 Å². The van der Waals surface area contributed by atoms with Crippen LogP contribution >= 0.6 is 11.8 Å². The molecule has 0 aromatic carbocycles. The summed E-state index contributed by atoms with van der Waals surface area (Å²) in [6.07, 6.45) is 3.42.